The summed E-state index contributed by atoms with van der Waals surface area (Å²) in [4.78, 5) is 0. The van der Waals surface area contributed by atoms with Crippen LogP contribution in [0.3, 0.4) is 0 Å². The molecule has 0 atom stereocenters. The van der Waals surface area contributed by atoms with Gasteiger partial charge in [0.15, 0.2) is 6.43 Å². The monoisotopic (exact) mass is 1450 g/mol. The molecule has 0 aromatic carbocycles. The minimum atomic E-state index is -2.00. The summed E-state index contributed by atoms with van der Waals surface area (Å²) in [6.07, 6.45) is 0. The predicted octanol–water partition coefficient (Wildman–Crippen LogP) is 12.6. The summed E-state index contributed by atoms with van der Waals surface area (Å²) in [6, 6.07) is 0. The van der Waals surface area contributed by atoms with Crippen molar-refractivity contribution in [1.82, 2.24) is 0 Å². The normalized spacial score (nSPS) is 16.8. The van der Waals surface area contributed by atoms with Gasteiger partial charge in [-0.3, -0.25) is 0 Å². The van der Waals surface area contributed by atoms with Crippen molar-refractivity contribution in [2.24, 2.45) is 0 Å². The standard InChI is InChI=1S/C8Br17O/c9-2(10,1(26,6(17,18)19)7(20,21)22)3(11,12)4(13,14)5(15,16)8(23,24)25. The fourth-order valence-corrected chi connectivity index (χ4v) is 19.8. The molecule has 0 aliphatic rings. The van der Waals surface area contributed by atoms with E-state index in [1.54, 1.807) is 0 Å². The molecule has 0 amide bonds. The van der Waals surface area contributed by atoms with Gasteiger partial charge < -0.3 is 0 Å². The maximum Gasteiger partial charge on any atom is 0.200 e. The Morgan fingerprint density at radius 1 is 0.308 bits per heavy atom. The Labute approximate surface area is 294 Å². The molecule has 0 heterocycles. The van der Waals surface area contributed by atoms with Crippen molar-refractivity contribution in [3.8, 4) is 0 Å². The summed E-state index contributed by atoms with van der Waals surface area (Å²) in [7, 11) is 0. The van der Waals surface area contributed by atoms with E-state index in [2.05, 4.69) is 271 Å². The van der Waals surface area contributed by atoms with Crippen molar-refractivity contribution in [2.45, 2.75) is 25.0 Å². The van der Waals surface area contributed by atoms with Gasteiger partial charge in [-0.2, -0.15) is 0 Å². The first-order valence-electron chi connectivity index (χ1n) is 5.17. The van der Waals surface area contributed by atoms with E-state index in [4.69, 9.17) is 0 Å². The van der Waals surface area contributed by atoms with E-state index in [-0.39, 0.29) is 0 Å². The summed E-state index contributed by atoms with van der Waals surface area (Å²) < 4.78 is -8.31. The second-order valence-electron chi connectivity index (χ2n) is 4.47. The van der Waals surface area contributed by atoms with E-state index in [1.807, 2.05) is 0 Å². The third kappa shape index (κ3) is 6.15. The highest BCUT2D eigenvalue weighted by molar-refractivity contribution is 9.42. The average molecular weight is 1470 g/mol. The van der Waals surface area contributed by atoms with E-state index >= 15 is 0 Å². The van der Waals surface area contributed by atoms with Crippen molar-refractivity contribution >= 4 is 271 Å². The number of alkyl halides is 17. The van der Waals surface area contributed by atoms with Gasteiger partial charge in [0, 0.05) is 0 Å². The van der Waals surface area contributed by atoms with Gasteiger partial charge >= 0.3 is 0 Å². The topological polar surface area (TPSA) is 19.9 Å². The Hall–Kier alpha value is 8.12. The molecule has 1 radical (unpaired) electrons. The Morgan fingerprint density at radius 3 is 0.731 bits per heavy atom. The lowest BCUT2D eigenvalue weighted by atomic mass is 9.99. The molecule has 26 heavy (non-hydrogen) atoms. The molecule has 0 aromatic heterocycles. The molecule has 157 valence electrons. The van der Waals surface area contributed by atoms with Gasteiger partial charge in [0.25, 0.3) is 0 Å². The third-order valence-electron chi connectivity index (χ3n) is 2.78. The van der Waals surface area contributed by atoms with Crippen LogP contribution < -0.4 is 0 Å². The lowest BCUT2D eigenvalue weighted by molar-refractivity contribution is -0.0144. The van der Waals surface area contributed by atoms with Crippen molar-refractivity contribution in [2.75, 3.05) is 0 Å². The second kappa shape index (κ2) is 10.8. The Kier molecular flexibility index (Phi) is 14.2. The lowest BCUT2D eigenvalue weighted by Crippen LogP contribution is -2.72. The maximum atomic E-state index is 14.3. The van der Waals surface area contributed by atoms with Crippen LogP contribution in [0.1, 0.15) is 0 Å². The Morgan fingerprint density at radius 2 is 0.538 bits per heavy atom. The Bertz CT molecular complexity index is 504. The molecule has 0 saturated heterocycles. The molecule has 0 bridgehead atoms. The SMILES string of the molecule is [O]C(C(Br)(Br)Br)(C(Br)(Br)Br)C(Br)(Br)C(Br)(Br)C(Br)(Br)C(Br)(Br)C(Br)(Br)Br. The van der Waals surface area contributed by atoms with Gasteiger partial charge in [0.2, 0.25) is 5.60 Å². The molecule has 0 spiro atoms. The first-order chi connectivity index (χ1) is 10.8. The second-order valence-corrected chi connectivity index (χ2v) is 38.5. The molecule has 0 fully saturated rings. The number of hydrogen-bond donors (Lipinski definition) is 0. The van der Waals surface area contributed by atoms with Gasteiger partial charge in [-0.15, -0.1) is 0 Å². The maximum absolute atomic E-state index is 14.3. The van der Waals surface area contributed by atoms with Crippen LogP contribution in [-0.2, 0) is 5.11 Å². The van der Waals surface area contributed by atoms with E-state index in [0.29, 0.717) is 0 Å². The summed E-state index contributed by atoms with van der Waals surface area (Å²) in [6.45, 7) is 0. The minimum Gasteiger partial charge on any atom is -0.220 e. The number of halogens is 17. The van der Waals surface area contributed by atoms with Crippen LogP contribution in [0.25, 0.3) is 0 Å². The van der Waals surface area contributed by atoms with Crippen LogP contribution in [0.4, 0.5) is 0 Å². The average Bonchev–Trinajstić information content (AvgIpc) is 2.32. The molecule has 0 aromatic rings. The van der Waals surface area contributed by atoms with Crippen LogP contribution >= 0.6 is 271 Å². The molecule has 1 nitrogen and oxygen atoms in total. The van der Waals surface area contributed by atoms with Crippen molar-refractivity contribution in [3.63, 3.8) is 0 Å². The highest BCUT2D eigenvalue weighted by atomic mass is 80.0. The van der Waals surface area contributed by atoms with E-state index < -0.39 is 25.0 Å². The molecule has 0 aliphatic heterocycles. The summed E-state index contributed by atoms with van der Waals surface area (Å²) in [5.74, 6) is 0. The van der Waals surface area contributed by atoms with E-state index in [0.717, 1.165) is 0 Å². The van der Waals surface area contributed by atoms with Gasteiger partial charge in [-0.25, -0.2) is 5.11 Å². The van der Waals surface area contributed by atoms with Gasteiger partial charge in [0.1, 0.15) is 12.9 Å². The highest BCUT2D eigenvalue weighted by Gasteiger charge is 2.80. The molecule has 0 saturated carbocycles. The minimum absolute atomic E-state index is 0.857. The molecule has 18 heteroatoms. The van der Waals surface area contributed by atoms with Crippen LogP contribution in [0, 0.1) is 0 Å². The quantitative estimate of drug-likeness (QED) is 0.250. The molecule has 0 N–H and O–H groups in total. The zero-order valence-electron chi connectivity index (χ0n) is 10.8. The van der Waals surface area contributed by atoms with Gasteiger partial charge in [-0.1, -0.05) is 271 Å². The lowest BCUT2D eigenvalue weighted by Gasteiger charge is -2.57. The van der Waals surface area contributed by atoms with Crippen LogP contribution in [0.15, 0.2) is 0 Å². The molecular formula is C8Br17O. The summed E-state index contributed by atoms with van der Waals surface area (Å²) in [5.41, 5.74) is -2.00. The first kappa shape index (κ1) is 34.1. The summed E-state index contributed by atoms with van der Waals surface area (Å²) in [5, 5.41) is 14.3. The van der Waals surface area contributed by atoms with Gasteiger partial charge in [0.05, 0.1) is 0 Å². The summed E-state index contributed by atoms with van der Waals surface area (Å²) >= 11 is 59.8. The van der Waals surface area contributed by atoms with Crippen LogP contribution in [0.2, 0.25) is 0 Å². The highest BCUT2D eigenvalue weighted by Crippen LogP contribution is 2.77. The zero-order valence-corrected chi connectivity index (χ0v) is 37.8. The van der Waals surface area contributed by atoms with E-state index in [1.165, 1.54) is 0 Å². The third-order valence-corrected chi connectivity index (χ3v) is 26.9. The fraction of sp³-hybridized carbons (Fsp3) is 1.00. The molecular weight excluding hydrogens is 1470 g/mol. The van der Waals surface area contributed by atoms with Crippen molar-refractivity contribution < 1.29 is 5.11 Å². The predicted molar refractivity (Wildman–Crippen MR) is 174 cm³/mol. The largest absolute Gasteiger partial charge is 0.220 e. The van der Waals surface area contributed by atoms with Crippen LogP contribution in [0.5, 0.6) is 0 Å². The molecule has 0 rings (SSSR count). The smallest absolute Gasteiger partial charge is 0.200 e. The van der Waals surface area contributed by atoms with Gasteiger partial charge in [-0.05, 0) is 0 Å². The fourth-order valence-electron chi connectivity index (χ4n) is 1.31. The first-order valence-corrected chi connectivity index (χ1v) is 18.6. The number of hydrogen-bond acceptors (Lipinski definition) is 0. The zero-order chi connectivity index (χ0) is 22.0. The van der Waals surface area contributed by atoms with E-state index in [9.17, 15) is 5.11 Å². The van der Waals surface area contributed by atoms with Crippen molar-refractivity contribution in [1.29, 1.82) is 0 Å². The van der Waals surface area contributed by atoms with Crippen molar-refractivity contribution in [3.05, 3.63) is 0 Å². The Balaban J connectivity index is 6.86. The molecule has 0 aliphatic carbocycles. The van der Waals surface area contributed by atoms with Crippen LogP contribution in [-0.4, -0.2) is 25.0 Å². The number of rotatable bonds is 4. The molecule has 0 unspecified atom stereocenters.